The Balaban J connectivity index is 2.35. The van der Waals surface area contributed by atoms with E-state index in [0.29, 0.717) is 24.0 Å². The van der Waals surface area contributed by atoms with E-state index in [1.165, 1.54) is 4.90 Å². The van der Waals surface area contributed by atoms with Crippen LogP contribution in [0.25, 0.3) is 5.70 Å². The molecule has 1 atom stereocenters. The zero-order valence-corrected chi connectivity index (χ0v) is 9.92. The molecule has 2 rings (SSSR count). The molecule has 0 spiro atoms. The Morgan fingerprint density at radius 3 is 2.71 bits per heavy atom. The molecule has 5 heteroatoms. The molecule has 17 heavy (non-hydrogen) atoms. The lowest BCUT2D eigenvalue weighted by molar-refractivity contribution is 0.159. The zero-order chi connectivity index (χ0) is 12.4. The Bertz CT molecular complexity index is 453. The molecular formula is C12H15N3O2. The Labute approximate surface area is 99.8 Å². The number of allylic oxidation sites excluding steroid dienone is 1. The van der Waals surface area contributed by atoms with Gasteiger partial charge in [-0.1, -0.05) is 13.0 Å². The molecule has 90 valence electrons. The lowest BCUT2D eigenvalue weighted by Crippen LogP contribution is -2.34. The van der Waals surface area contributed by atoms with E-state index in [9.17, 15) is 9.90 Å². The summed E-state index contributed by atoms with van der Waals surface area (Å²) in [4.78, 5) is 20.7. The molecule has 1 unspecified atom stereocenters. The van der Waals surface area contributed by atoms with Gasteiger partial charge >= 0.3 is 6.09 Å². The van der Waals surface area contributed by atoms with Crippen LogP contribution >= 0.6 is 0 Å². The molecule has 1 aliphatic rings. The van der Waals surface area contributed by atoms with Gasteiger partial charge in [-0.25, -0.2) is 14.8 Å². The van der Waals surface area contributed by atoms with E-state index in [1.54, 1.807) is 19.3 Å². The molecule has 5 nitrogen and oxygen atoms in total. The van der Waals surface area contributed by atoms with Crippen molar-refractivity contribution < 1.29 is 9.90 Å². The van der Waals surface area contributed by atoms with Gasteiger partial charge in [0.25, 0.3) is 0 Å². The fourth-order valence-electron chi connectivity index (χ4n) is 1.89. The number of rotatable bonds is 1. The van der Waals surface area contributed by atoms with Crippen LogP contribution in [-0.4, -0.2) is 32.6 Å². The van der Waals surface area contributed by atoms with Gasteiger partial charge in [-0.15, -0.1) is 0 Å². The highest BCUT2D eigenvalue weighted by Gasteiger charge is 2.24. The van der Waals surface area contributed by atoms with Crippen LogP contribution in [0.5, 0.6) is 0 Å². The van der Waals surface area contributed by atoms with Gasteiger partial charge in [-0.2, -0.15) is 0 Å². The standard InChI is InChI=1S/C12H15N3O2/c1-8-3-4-11(15(7-8)12(16)17)10-5-13-9(2)14-6-10/h4-6,8H,3,7H2,1-2H3,(H,16,17). The lowest BCUT2D eigenvalue weighted by Gasteiger charge is -2.29. The predicted octanol–water partition coefficient (Wildman–Crippen LogP) is 2.15. The molecule has 0 bridgehead atoms. The van der Waals surface area contributed by atoms with Crippen LogP contribution in [0.15, 0.2) is 18.5 Å². The SMILES string of the molecule is Cc1ncc(C2=CCC(C)CN2C(=O)O)cn1. The molecule has 0 fully saturated rings. The summed E-state index contributed by atoms with van der Waals surface area (Å²) >= 11 is 0. The van der Waals surface area contributed by atoms with Gasteiger partial charge in [0.05, 0.1) is 5.70 Å². The highest BCUT2D eigenvalue weighted by Crippen LogP contribution is 2.26. The quantitative estimate of drug-likeness (QED) is 0.807. The third-order valence-electron chi connectivity index (χ3n) is 2.81. The Kier molecular flexibility index (Phi) is 3.08. The van der Waals surface area contributed by atoms with Crippen molar-refractivity contribution in [3.8, 4) is 0 Å². The fraction of sp³-hybridized carbons (Fsp3) is 0.417. The van der Waals surface area contributed by atoms with E-state index < -0.39 is 6.09 Å². The predicted molar refractivity (Wildman–Crippen MR) is 63.3 cm³/mol. The van der Waals surface area contributed by atoms with Crippen molar-refractivity contribution in [2.75, 3.05) is 6.54 Å². The minimum atomic E-state index is -0.927. The summed E-state index contributed by atoms with van der Waals surface area (Å²) in [6, 6.07) is 0. The highest BCUT2D eigenvalue weighted by atomic mass is 16.4. The first-order valence-electron chi connectivity index (χ1n) is 5.57. The summed E-state index contributed by atoms with van der Waals surface area (Å²) in [6.45, 7) is 4.36. The molecule has 1 amide bonds. The minimum absolute atomic E-state index is 0.348. The Hall–Kier alpha value is -1.91. The summed E-state index contributed by atoms with van der Waals surface area (Å²) in [5.74, 6) is 1.03. The minimum Gasteiger partial charge on any atom is -0.465 e. The van der Waals surface area contributed by atoms with Crippen molar-refractivity contribution in [2.24, 2.45) is 5.92 Å². The van der Waals surface area contributed by atoms with Crippen LogP contribution in [-0.2, 0) is 0 Å². The number of carboxylic acid groups (broad SMARTS) is 1. The van der Waals surface area contributed by atoms with Crippen molar-refractivity contribution >= 4 is 11.8 Å². The summed E-state index contributed by atoms with van der Waals surface area (Å²) in [6.07, 6.45) is 5.23. The van der Waals surface area contributed by atoms with Crippen LogP contribution in [0, 0.1) is 12.8 Å². The third-order valence-corrected chi connectivity index (χ3v) is 2.81. The number of carbonyl (C=O) groups is 1. The molecule has 0 aromatic carbocycles. The summed E-state index contributed by atoms with van der Waals surface area (Å²) in [5, 5.41) is 9.19. The molecule has 0 saturated heterocycles. The average molecular weight is 233 g/mol. The maximum absolute atomic E-state index is 11.2. The number of hydrogen-bond acceptors (Lipinski definition) is 3. The van der Waals surface area contributed by atoms with Crippen molar-refractivity contribution in [2.45, 2.75) is 20.3 Å². The van der Waals surface area contributed by atoms with Gasteiger partial charge in [0.1, 0.15) is 5.82 Å². The van der Waals surface area contributed by atoms with Crippen LogP contribution in [0.1, 0.15) is 24.7 Å². The molecule has 0 aliphatic carbocycles. The average Bonchev–Trinajstić information content (AvgIpc) is 2.30. The van der Waals surface area contributed by atoms with E-state index in [2.05, 4.69) is 9.97 Å². The monoisotopic (exact) mass is 233 g/mol. The first kappa shape index (κ1) is 11.6. The second kappa shape index (κ2) is 4.53. The summed E-state index contributed by atoms with van der Waals surface area (Å²) < 4.78 is 0. The number of amides is 1. The summed E-state index contributed by atoms with van der Waals surface area (Å²) in [5.41, 5.74) is 1.44. The van der Waals surface area contributed by atoms with Crippen LogP contribution < -0.4 is 0 Å². The lowest BCUT2D eigenvalue weighted by atomic mass is 10.00. The van der Waals surface area contributed by atoms with Crippen molar-refractivity contribution in [1.29, 1.82) is 0 Å². The topological polar surface area (TPSA) is 66.3 Å². The molecule has 1 N–H and O–H groups in total. The number of nitrogens with zero attached hydrogens (tertiary/aromatic N) is 3. The van der Waals surface area contributed by atoms with E-state index in [1.807, 2.05) is 13.0 Å². The highest BCUT2D eigenvalue weighted by molar-refractivity contribution is 5.81. The molecule has 0 radical (unpaired) electrons. The van der Waals surface area contributed by atoms with Crippen LogP contribution in [0.3, 0.4) is 0 Å². The molecule has 1 aromatic rings. The largest absolute Gasteiger partial charge is 0.465 e. The molecular weight excluding hydrogens is 218 g/mol. The van der Waals surface area contributed by atoms with Gasteiger partial charge in [0.15, 0.2) is 0 Å². The smallest absolute Gasteiger partial charge is 0.411 e. The second-order valence-corrected chi connectivity index (χ2v) is 4.34. The Morgan fingerprint density at radius 1 is 1.47 bits per heavy atom. The van der Waals surface area contributed by atoms with Gasteiger partial charge in [0, 0.05) is 24.5 Å². The maximum Gasteiger partial charge on any atom is 0.411 e. The third kappa shape index (κ3) is 2.43. The summed E-state index contributed by atoms with van der Waals surface area (Å²) in [7, 11) is 0. The van der Waals surface area contributed by atoms with Gasteiger partial charge < -0.3 is 5.11 Å². The van der Waals surface area contributed by atoms with Gasteiger partial charge in [0.2, 0.25) is 0 Å². The van der Waals surface area contributed by atoms with Crippen molar-refractivity contribution in [3.05, 3.63) is 29.9 Å². The number of aromatic nitrogens is 2. The van der Waals surface area contributed by atoms with Crippen LogP contribution in [0.4, 0.5) is 4.79 Å². The molecule has 2 heterocycles. The van der Waals surface area contributed by atoms with E-state index >= 15 is 0 Å². The number of aryl methyl sites for hydroxylation is 1. The van der Waals surface area contributed by atoms with Gasteiger partial charge in [-0.3, -0.25) is 4.90 Å². The second-order valence-electron chi connectivity index (χ2n) is 4.34. The number of hydrogen-bond donors (Lipinski definition) is 1. The zero-order valence-electron chi connectivity index (χ0n) is 9.92. The van der Waals surface area contributed by atoms with E-state index in [-0.39, 0.29) is 0 Å². The fourth-order valence-corrected chi connectivity index (χ4v) is 1.89. The normalized spacial score (nSPS) is 20.0. The van der Waals surface area contributed by atoms with E-state index in [4.69, 9.17) is 0 Å². The van der Waals surface area contributed by atoms with Gasteiger partial charge in [-0.05, 0) is 19.3 Å². The van der Waals surface area contributed by atoms with Crippen molar-refractivity contribution in [3.63, 3.8) is 0 Å². The van der Waals surface area contributed by atoms with Crippen molar-refractivity contribution in [1.82, 2.24) is 14.9 Å². The maximum atomic E-state index is 11.2. The molecule has 1 aliphatic heterocycles. The van der Waals surface area contributed by atoms with E-state index in [0.717, 1.165) is 12.0 Å². The Morgan fingerprint density at radius 2 is 2.12 bits per heavy atom. The molecule has 0 saturated carbocycles. The van der Waals surface area contributed by atoms with Crippen LogP contribution in [0.2, 0.25) is 0 Å². The molecule has 1 aromatic heterocycles. The first-order chi connectivity index (χ1) is 8.08. The first-order valence-corrected chi connectivity index (χ1v) is 5.57.